The third-order valence-electron chi connectivity index (χ3n) is 3.57. The van der Waals surface area contributed by atoms with E-state index in [-0.39, 0.29) is 6.04 Å². The van der Waals surface area contributed by atoms with Gasteiger partial charge in [-0.1, -0.05) is 17.7 Å². The van der Waals surface area contributed by atoms with Crippen LogP contribution in [0.3, 0.4) is 0 Å². The molecule has 0 spiro atoms. The first-order chi connectivity index (χ1) is 10.0. The topological polar surface area (TPSA) is 55.2 Å². The second-order valence-electron chi connectivity index (χ2n) is 5.24. The van der Waals surface area contributed by atoms with Crippen molar-refractivity contribution >= 4 is 29.0 Å². The predicted molar refractivity (Wildman–Crippen MR) is 79.6 cm³/mol. The van der Waals surface area contributed by atoms with Gasteiger partial charge in [0.15, 0.2) is 0 Å². The van der Waals surface area contributed by atoms with Crippen molar-refractivity contribution in [2.45, 2.75) is 26.4 Å². The molecule has 6 heteroatoms. The Morgan fingerprint density at radius 1 is 1.29 bits per heavy atom. The van der Waals surface area contributed by atoms with Gasteiger partial charge in [0.1, 0.15) is 0 Å². The van der Waals surface area contributed by atoms with Gasteiger partial charge in [-0.2, -0.15) is 0 Å². The highest BCUT2D eigenvalue weighted by Gasteiger charge is 2.37. The van der Waals surface area contributed by atoms with Gasteiger partial charge in [-0.05, 0) is 26.0 Å². The number of rotatable bonds is 3. The van der Waals surface area contributed by atoms with Crippen LogP contribution >= 0.6 is 11.6 Å². The average molecular weight is 304 g/mol. The van der Waals surface area contributed by atoms with Crippen molar-refractivity contribution in [1.82, 2.24) is 9.55 Å². The van der Waals surface area contributed by atoms with E-state index < -0.39 is 11.7 Å². The third-order valence-corrected chi connectivity index (χ3v) is 3.89. The van der Waals surface area contributed by atoms with Gasteiger partial charge in [0, 0.05) is 12.2 Å². The van der Waals surface area contributed by atoms with Crippen LogP contribution in [0.25, 0.3) is 0 Å². The molecule has 1 aromatic carbocycles. The average Bonchev–Trinajstić information content (AvgIpc) is 2.99. The molecule has 3 rings (SSSR count). The molecule has 0 saturated carbocycles. The van der Waals surface area contributed by atoms with Crippen LogP contribution in [0.2, 0.25) is 5.02 Å². The van der Waals surface area contributed by atoms with Crippen LogP contribution in [0.5, 0.6) is 0 Å². The maximum absolute atomic E-state index is 12.2. The molecule has 1 aliphatic heterocycles. The van der Waals surface area contributed by atoms with Crippen molar-refractivity contribution in [3.8, 4) is 0 Å². The fourth-order valence-corrected chi connectivity index (χ4v) is 2.80. The summed E-state index contributed by atoms with van der Waals surface area (Å²) in [5.41, 5.74) is 1.73. The van der Waals surface area contributed by atoms with Crippen molar-refractivity contribution in [2.24, 2.45) is 0 Å². The van der Waals surface area contributed by atoms with E-state index in [1.54, 1.807) is 30.7 Å². The summed E-state index contributed by atoms with van der Waals surface area (Å²) in [7, 11) is 0. The van der Waals surface area contributed by atoms with Gasteiger partial charge in [0.25, 0.3) is 11.7 Å². The van der Waals surface area contributed by atoms with E-state index in [1.807, 2.05) is 18.4 Å². The summed E-state index contributed by atoms with van der Waals surface area (Å²) in [4.78, 5) is 29.9. The number of benzene rings is 1. The van der Waals surface area contributed by atoms with E-state index in [1.165, 1.54) is 4.90 Å². The molecule has 1 aromatic heterocycles. The van der Waals surface area contributed by atoms with Crippen molar-refractivity contribution < 1.29 is 9.59 Å². The fraction of sp³-hybridized carbons (Fsp3) is 0.267. The molecule has 0 atom stereocenters. The van der Waals surface area contributed by atoms with Crippen molar-refractivity contribution in [1.29, 1.82) is 0 Å². The number of halogens is 1. The SMILES string of the molecule is CC(C)n1cncc1CN1C(=O)C(=O)c2c(Cl)cccc21. The number of Topliss-reactive ketones (excluding diaryl/α,β-unsaturated/α-hetero) is 1. The maximum atomic E-state index is 12.2. The highest BCUT2D eigenvalue weighted by Crippen LogP contribution is 2.35. The molecule has 21 heavy (non-hydrogen) atoms. The van der Waals surface area contributed by atoms with Crippen LogP contribution in [0.1, 0.15) is 35.9 Å². The van der Waals surface area contributed by atoms with Crippen LogP contribution in [0.4, 0.5) is 5.69 Å². The molecule has 2 aromatic rings. The van der Waals surface area contributed by atoms with E-state index in [9.17, 15) is 9.59 Å². The Kier molecular flexibility index (Phi) is 3.29. The Bertz CT molecular complexity index is 736. The minimum absolute atomic E-state index is 0.231. The monoisotopic (exact) mass is 303 g/mol. The smallest absolute Gasteiger partial charge is 0.299 e. The molecule has 5 nitrogen and oxygen atoms in total. The number of aromatic nitrogens is 2. The summed E-state index contributed by atoms with van der Waals surface area (Å²) in [6, 6.07) is 5.32. The van der Waals surface area contributed by atoms with Gasteiger partial charge in [-0.25, -0.2) is 4.98 Å². The molecular weight excluding hydrogens is 290 g/mol. The number of hydrogen-bond donors (Lipinski definition) is 0. The zero-order valence-electron chi connectivity index (χ0n) is 11.7. The molecule has 1 aliphatic rings. The zero-order valence-corrected chi connectivity index (χ0v) is 12.5. The quantitative estimate of drug-likeness (QED) is 0.819. The molecule has 108 valence electrons. The number of imidazole rings is 1. The summed E-state index contributed by atoms with van der Waals surface area (Å²) in [6.07, 6.45) is 3.43. The van der Waals surface area contributed by atoms with Gasteiger partial charge in [0.05, 0.1) is 34.8 Å². The number of anilines is 1. The van der Waals surface area contributed by atoms with Crippen LogP contribution in [0.15, 0.2) is 30.7 Å². The van der Waals surface area contributed by atoms with E-state index in [0.717, 1.165) is 5.69 Å². The Balaban J connectivity index is 2.01. The maximum Gasteiger partial charge on any atom is 0.299 e. The van der Waals surface area contributed by atoms with Crippen LogP contribution in [0, 0.1) is 0 Å². The Hall–Kier alpha value is -2.14. The van der Waals surface area contributed by atoms with Crippen molar-refractivity contribution in [3.05, 3.63) is 47.0 Å². The largest absolute Gasteiger partial charge is 0.330 e. The highest BCUT2D eigenvalue weighted by molar-refractivity contribution is 6.55. The van der Waals surface area contributed by atoms with Crippen LogP contribution < -0.4 is 4.90 Å². The molecule has 0 aliphatic carbocycles. The summed E-state index contributed by atoms with van der Waals surface area (Å²) in [5.74, 6) is -1.10. The Labute approximate surface area is 127 Å². The lowest BCUT2D eigenvalue weighted by atomic mass is 10.1. The number of carbonyl (C=O) groups excluding carboxylic acids is 2. The van der Waals surface area contributed by atoms with Crippen molar-refractivity contribution in [2.75, 3.05) is 4.90 Å². The molecule has 0 radical (unpaired) electrons. The number of nitrogens with zero attached hydrogens (tertiary/aromatic N) is 3. The van der Waals surface area contributed by atoms with E-state index in [0.29, 0.717) is 22.8 Å². The first-order valence-electron chi connectivity index (χ1n) is 6.66. The molecule has 0 fully saturated rings. The molecule has 2 heterocycles. The van der Waals surface area contributed by atoms with Gasteiger partial charge in [-0.15, -0.1) is 0 Å². The van der Waals surface area contributed by atoms with E-state index >= 15 is 0 Å². The van der Waals surface area contributed by atoms with Crippen molar-refractivity contribution in [3.63, 3.8) is 0 Å². The number of carbonyl (C=O) groups is 2. The highest BCUT2D eigenvalue weighted by atomic mass is 35.5. The third kappa shape index (κ3) is 2.14. The molecule has 0 unspecified atom stereocenters. The van der Waals surface area contributed by atoms with Gasteiger partial charge in [0.2, 0.25) is 0 Å². The summed E-state index contributed by atoms with van der Waals surface area (Å²) >= 11 is 6.04. The van der Waals surface area contributed by atoms with E-state index in [4.69, 9.17) is 11.6 Å². The molecular formula is C15H14ClN3O2. The number of fused-ring (bicyclic) bond motifs is 1. The van der Waals surface area contributed by atoms with Gasteiger partial charge in [-0.3, -0.25) is 14.5 Å². The second-order valence-corrected chi connectivity index (χ2v) is 5.65. The lowest BCUT2D eigenvalue weighted by Crippen LogP contribution is -2.30. The van der Waals surface area contributed by atoms with Gasteiger partial charge < -0.3 is 4.57 Å². The molecule has 0 N–H and O–H groups in total. The lowest BCUT2D eigenvalue weighted by molar-refractivity contribution is -0.114. The molecule has 0 saturated heterocycles. The van der Waals surface area contributed by atoms with E-state index in [2.05, 4.69) is 4.98 Å². The van der Waals surface area contributed by atoms with Gasteiger partial charge >= 0.3 is 0 Å². The second kappa shape index (κ2) is 5.00. The molecule has 0 bridgehead atoms. The van der Waals surface area contributed by atoms with Crippen LogP contribution in [-0.4, -0.2) is 21.2 Å². The minimum Gasteiger partial charge on any atom is -0.330 e. The summed E-state index contributed by atoms with van der Waals surface area (Å²) in [5, 5.41) is 0.311. The fourth-order valence-electron chi connectivity index (χ4n) is 2.54. The Morgan fingerprint density at radius 2 is 2.05 bits per heavy atom. The minimum atomic E-state index is -0.550. The number of hydrogen-bond acceptors (Lipinski definition) is 3. The normalized spacial score (nSPS) is 14.2. The molecule has 1 amide bonds. The number of ketones is 1. The standard InChI is InChI=1S/C15H14ClN3O2/c1-9(2)19-8-17-6-10(19)7-18-12-5-3-4-11(16)13(12)14(20)15(18)21/h3-6,8-9H,7H2,1-2H3. The first kappa shape index (κ1) is 13.8. The summed E-state index contributed by atoms with van der Waals surface area (Å²) in [6.45, 7) is 4.37. The Morgan fingerprint density at radius 3 is 2.76 bits per heavy atom. The first-order valence-corrected chi connectivity index (χ1v) is 7.04. The summed E-state index contributed by atoms with van der Waals surface area (Å²) < 4.78 is 1.97. The zero-order chi connectivity index (χ0) is 15.1. The predicted octanol–water partition coefficient (Wildman–Crippen LogP) is 2.85. The number of amides is 1. The lowest BCUT2D eigenvalue weighted by Gasteiger charge is -2.19. The van der Waals surface area contributed by atoms with Crippen LogP contribution in [-0.2, 0) is 11.3 Å².